The van der Waals surface area contributed by atoms with Gasteiger partial charge in [-0.25, -0.2) is 0 Å². The molecule has 0 heterocycles. The number of nitrogens with zero attached hydrogens (tertiary/aromatic N) is 1. The van der Waals surface area contributed by atoms with E-state index in [9.17, 15) is 0 Å². The molecule has 1 fully saturated rings. The molecule has 19 heavy (non-hydrogen) atoms. The monoisotopic (exact) mass is 260 g/mol. The first-order chi connectivity index (χ1) is 8.98. The van der Waals surface area contributed by atoms with Gasteiger partial charge in [-0.1, -0.05) is 38.1 Å². The quantitative estimate of drug-likeness (QED) is 0.851. The summed E-state index contributed by atoms with van der Waals surface area (Å²) < 4.78 is 0. The highest BCUT2D eigenvalue weighted by molar-refractivity contribution is 5.28. The lowest BCUT2D eigenvalue weighted by Crippen LogP contribution is -2.33. The van der Waals surface area contributed by atoms with Gasteiger partial charge < -0.3 is 10.6 Å². The maximum Gasteiger partial charge on any atom is 0.0410 e. The molecule has 1 aliphatic carbocycles. The highest BCUT2D eigenvalue weighted by Gasteiger charge is 2.49. The molecule has 1 atom stereocenters. The Bertz CT molecular complexity index is 402. The number of hydrogen-bond donors (Lipinski definition) is 1. The van der Waals surface area contributed by atoms with Gasteiger partial charge in [0.2, 0.25) is 0 Å². The van der Waals surface area contributed by atoms with Gasteiger partial charge in [0, 0.05) is 11.5 Å². The highest BCUT2D eigenvalue weighted by atomic mass is 15.1. The molecule has 1 aromatic carbocycles. The fourth-order valence-electron chi connectivity index (χ4n) is 3.26. The topological polar surface area (TPSA) is 29.3 Å². The molecule has 2 nitrogen and oxygen atoms in total. The normalized spacial score (nSPS) is 18.9. The molecule has 0 saturated heterocycles. The minimum atomic E-state index is 0.322. The Morgan fingerprint density at radius 1 is 1.16 bits per heavy atom. The zero-order chi connectivity index (χ0) is 14.0. The highest BCUT2D eigenvalue weighted by Crippen LogP contribution is 2.55. The van der Waals surface area contributed by atoms with Crippen molar-refractivity contribution in [1.29, 1.82) is 0 Å². The van der Waals surface area contributed by atoms with Crippen LogP contribution in [0.25, 0.3) is 0 Å². The van der Waals surface area contributed by atoms with Gasteiger partial charge in [0.05, 0.1) is 0 Å². The van der Waals surface area contributed by atoms with Crippen LogP contribution in [0.3, 0.4) is 0 Å². The van der Waals surface area contributed by atoms with Gasteiger partial charge in [0.15, 0.2) is 0 Å². The first-order valence-electron chi connectivity index (χ1n) is 7.44. The largest absolute Gasteiger partial charge is 0.330 e. The number of nitrogens with two attached hydrogens (primary N) is 1. The molecule has 0 aliphatic heterocycles. The Hall–Kier alpha value is -0.860. The van der Waals surface area contributed by atoms with Crippen LogP contribution in [-0.4, -0.2) is 25.5 Å². The summed E-state index contributed by atoms with van der Waals surface area (Å²) in [6, 6.07) is 9.65. The molecule has 2 N–H and O–H groups in total. The van der Waals surface area contributed by atoms with Crippen LogP contribution in [0.1, 0.15) is 43.9 Å². The predicted octanol–water partition coefficient (Wildman–Crippen LogP) is 3.23. The van der Waals surface area contributed by atoms with Crippen LogP contribution < -0.4 is 5.73 Å². The molecule has 1 aliphatic rings. The molecule has 1 unspecified atom stereocenters. The van der Waals surface area contributed by atoms with Gasteiger partial charge in [-0.15, -0.1) is 0 Å². The fourth-order valence-corrected chi connectivity index (χ4v) is 3.26. The molecule has 2 heteroatoms. The van der Waals surface area contributed by atoms with Gasteiger partial charge in [-0.3, -0.25) is 0 Å². The van der Waals surface area contributed by atoms with Crippen molar-refractivity contribution in [3.8, 4) is 0 Å². The Morgan fingerprint density at radius 3 is 2.11 bits per heavy atom. The molecule has 0 aromatic heterocycles. The van der Waals surface area contributed by atoms with E-state index in [1.807, 2.05) is 0 Å². The van der Waals surface area contributed by atoms with Crippen molar-refractivity contribution in [2.45, 2.75) is 39.2 Å². The van der Waals surface area contributed by atoms with Crippen LogP contribution in [0.5, 0.6) is 0 Å². The summed E-state index contributed by atoms with van der Waals surface area (Å²) in [5.74, 6) is 0.717. The van der Waals surface area contributed by atoms with Crippen molar-refractivity contribution in [1.82, 2.24) is 4.90 Å². The van der Waals surface area contributed by atoms with E-state index < -0.39 is 0 Å². The van der Waals surface area contributed by atoms with E-state index >= 15 is 0 Å². The summed E-state index contributed by atoms with van der Waals surface area (Å²) in [6.45, 7) is 5.33. The lowest BCUT2D eigenvalue weighted by atomic mass is 9.88. The molecule has 0 spiro atoms. The van der Waals surface area contributed by atoms with Gasteiger partial charge in [-0.05, 0) is 56.9 Å². The molecule has 1 saturated carbocycles. The number of rotatable bonds is 6. The van der Waals surface area contributed by atoms with E-state index in [0.29, 0.717) is 17.4 Å². The third-order valence-corrected chi connectivity index (χ3v) is 4.33. The second-order valence-corrected chi connectivity index (χ2v) is 6.77. The van der Waals surface area contributed by atoms with Gasteiger partial charge in [0.1, 0.15) is 0 Å². The Morgan fingerprint density at radius 2 is 1.74 bits per heavy atom. The lowest BCUT2D eigenvalue weighted by Gasteiger charge is -2.32. The minimum absolute atomic E-state index is 0.322. The first kappa shape index (κ1) is 14.5. The minimum Gasteiger partial charge on any atom is -0.330 e. The van der Waals surface area contributed by atoms with Crippen LogP contribution >= 0.6 is 0 Å². The Kier molecular flexibility index (Phi) is 4.32. The summed E-state index contributed by atoms with van der Waals surface area (Å²) in [7, 11) is 4.34. The number of benzene rings is 1. The van der Waals surface area contributed by atoms with E-state index in [2.05, 4.69) is 57.1 Å². The molecule has 2 rings (SSSR count). The average Bonchev–Trinajstić information content (AvgIpc) is 3.11. The second-order valence-electron chi connectivity index (χ2n) is 6.77. The molecule has 0 radical (unpaired) electrons. The molecule has 106 valence electrons. The molecular weight excluding hydrogens is 232 g/mol. The van der Waals surface area contributed by atoms with Crippen LogP contribution in [-0.2, 0) is 6.42 Å². The summed E-state index contributed by atoms with van der Waals surface area (Å²) >= 11 is 0. The molecule has 0 amide bonds. The van der Waals surface area contributed by atoms with Crippen molar-refractivity contribution in [2.75, 3.05) is 20.6 Å². The zero-order valence-electron chi connectivity index (χ0n) is 12.8. The van der Waals surface area contributed by atoms with Gasteiger partial charge >= 0.3 is 0 Å². The molecular formula is C17H28N2. The maximum atomic E-state index is 6.01. The van der Waals surface area contributed by atoms with Crippen LogP contribution in [0.15, 0.2) is 24.3 Å². The van der Waals surface area contributed by atoms with E-state index in [1.54, 1.807) is 0 Å². The van der Waals surface area contributed by atoms with E-state index in [4.69, 9.17) is 5.73 Å². The maximum absolute atomic E-state index is 6.01. The SMILES string of the molecule is CC(C)Cc1ccc(C(N(C)C)C2(CN)CC2)cc1. The van der Waals surface area contributed by atoms with Crippen LogP contribution in [0.4, 0.5) is 0 Å². The van der Waals surface area contributed by atoms with E-state index in [0.717, 1.165) is 13.0 Å². The van der Waals surface area contributed by atoms with Crippen LogP contribution in [0.2, 0.25) is 0 Å². The fraction of sp³-hybridized carbons (Fsp3) is 0.647. The second kappa shape index (κ2) is 5.64. The summed E-state index contributed by atoms with van der Waals surface area (Å²) in [5, 5.41) is 0. The predicted molar refractivity (Wildman–Crippen MR) is 82.1 cm³/mol. The smallest absolute Gasteiger partial charge is 0.0410 e. The Labute approximate surface area is 118 Å². The van der Waals surface area contributed by atoms with Crippen molar-refractivity contribution in [3.63, 3.8) is 0 Å². The van der Waals surface area contributed by atoms with Gasteiger partial charge in [0.25, 0.3) is 0 Å². The summed E-state index contributed by atoms with van der Waals surface area (Å²) in [5.41, 5.74) is 9.19. The van der Waals surface area contributed by atoms with Crippen molar-refractivity contribution in [2.24, 2.45) is 17.1 Å². The van der Waals surface area contributed by atoms with Crippen molar-refractivity contribution < 1.29 is 0 Å². The average molecular weight is 260 g/mol. The third kappa shape index (κ3) is 3.18. The Balaban J connectivity index is 2.19. The van der Waals surface area contributed by atoms with Crippen molar-refractivity contribution in [3.05, 3.63) is 35.4 Å². The lowest BCUT2D eigenvalue weighted by molar-refractivity contribution is 0.198. The molecule has 1 aromatic rings. The summed E-state index contributed by atoms with van der Waals surface area (Å²) in [4.78, 5) is 2.33. The van der Waals surface area contributed by atoms with E-state index in [-0.39, 0.29) is 0 Å². The van der Waals surface area contributed by atoms with Crippen molar-refractivity contribution >= 4 is 0 Å². The standard InChI is InChI=1S/C17H28N2/c1-13(2)11-14-5-7-15(8-6-14)16(19(3)4)17(12-18)9-10-17/h5-8,13,16H,9-12,18H2,1-4H3. The molecule has 0 bridgehead atoms. The summed E-state index contributed by atoms with van der Waals surface area (Å²) in [6.07, 6.45) is 3.69. The zero-order valence-corrected chi connectivity index (χ0v) is 12.8. The first-order valence-corrected chi connectivity index (χ1v) is 7.44. The van der Waals surface area contributed by atoms with E-state index in [1.165, 1.54) is 24.0 Å². The third-order valence-electron chi connectivity index (χ3n) is 4.33. The van der Waals surface area contributed by atoms with Gasteiger partial charge in [-0.2, -0.15) is 0 Å². The van der Waals surface area contributed by atoms with Crippen LogP contribution in [0, 0.1) is 11.3 Å². The number of hydrogen-bond acceptors (Lipinski definition) is 2.